The van der Waals surface area contributed by atoms with Gasteiger partial charge < -0.3 is 10.6 Å². The fourth-order valence-corrected chi connectivity index (χ4v) is 3.70. The van der Waals surface area contributed by atoms with Crippen molar-refractivity contribution in [2.45, 2.75) is 32.7 Å². The van der Waals surface area contributed by atoms with Crippen LogP contribution < -0.4 is 10.6 Å². The average molecular weight is 276 g/mol. The molecule has 0 spiro atoms. The van der Waals surface area contributed by atoms with Gasteiger partial charge in [-0.25, -0.2) is 9.97 Å². The highest BCUT2D eigenvalue weighted by atomic mass is 32.1. The number of fused-ring (bicyclic) bond motifs is 1. The van der Waals surface area contributed by atoms with Gasteiger partial charge in [0.2, 0.25) is 0 Å². The highest BCUT2D eigenvalue weighted by Crippen LogP contribution is 2.33. The Hall–Kier alpha value is -1.20. The molecule has 0 bridgehead atoms. The first-order valence-corrected chi connectivity index (χ1v) is 7.68. The van der Waals surface area contributed by atoms with Crippen LogP contribution in [0.1, 0.15) is 24.6 Å². The molecule has 3 rings (SSSR count). The summed E-state index contributed by atoms with van der Waals surface area (Å²) in [6, 6.07) is 2.73. The third-order valence-corrected chi connectivity index (χ3v) is 4.98. The Labute approximate surface area is 117 Å². The van der Waals surface area contributed by atoms with E-state index in [-0.39, 0.29) is 0 Å². The topological polar surface area (TPSA) is 55.0 Å². The van der Waals surface area contributed by atoms with E-state index in [1.807, 2.05) is 0 Å². The van der Waals surface area contributed by atoms with E-state index in [0.717, 1.165) is 23.7 Å². The van der Waals surface area contributed by atoms with Crippen molar-refractivity contribution < 1.29 is 0 Å². The molecule has 2 aromatic rings. The lowest BCUT2D eigenvalue weighted by Gasteiger charge is -2.38. The van der Waals surface area contributed by atoms with E-state index < -0.39 is 0 Å². The van der Waals surface area contributed by atoms with Gasteiger partial charge in [-0.1, -0.05) is 0 Å². The Morgan fingerprint density at radius 1 is 1.42 bits per heavy atom. The van der Waals surface area contributed by atoms with Gasteiger partial charge in [-0.3, -0.25) is 0 Å². The van der Waals surface area contributed by atoms with Crippen molar-refractivity contribution in [3.05, 3.63) is 17.3 Å². The molecule has 2 aromatic heterocycles. The zero-order valence-electron chi connectivity index (χ0n) is 11.5. The molecule has 1 fully saturated rings. The lowest BCUT2D eigenvalue weighted by atomic mass is 9.93. The number of nitrogens with two attached hydrogens (primary N) is 1. The molecular weight excluding hydrogens is 256 g/mol. The summed E-state index contributed by atoms with van der Waals surface area (Å²) in [6.45, 7) is 6.18. The van der Waals surface area contributed by atoms with Gasteiger partial charge in [-0.15, -0.1) is 11.3 Å². The van der Waals surface area contributed by atoms with Crippen molar-refractivity contribution in [3.8, 4) is 0 Å². The number of rotatable bonds is 2. The van der Waals surface area contributed by atoms with Crippen LogP contribution in [-0.4, -0.2) is 29.1 Å². The predicted octanol–water partition coefficient (Wildman–Crippen LogP) is 2.56. The maximum Gasteiger partial charge on any atom is 0.141 e. The molecule has 2 atom stereocenters. The summed E-state index contributed by atoms with van der Waals surface area (Å²) < 4.78 is 0. The highest BCUT2D eigenvalue weighted by molar-refractivity contribution is 7.18. The smallest absolute Gasteiger partial charge is 0.141 e. The molecule has 2 N–H and O–H groups in total. The van der Waals surface area contributed by atoms with Crippen molar-refractivity contribution in [1.82, 2.24) is 9.97 Å². The molecule has 0 aliphatic carbocycles. The zero-order valence-corrected chi connectivity index (χ0v) is 12.3. The maximum atomic E-state index is 5.85. The lowest BCUT2D eigenvalue weighted by Crippen LogP contribution is -2.44. The Morgan fingerprint density at radius 2 is 2.26 bits per heavy atom. The van der Waals surface area contributed by atoms with Crippen LogP contribution in [0.25, 0.3) is 10.2 Å². The Bertz CT molecular complexity index is 580. The number of aromatic nitrogens is 2. The second-order valence-corrected chi connectivity index (χ2v) is 6.69. The maximum absolute atomic E-state index is 5.85. The van der Waals surface area contributed by atoms with Gasteiger partial charge in [0, 0.05) is 17.5 Å². The van der Waals surface area contributed by atoms with Crippen molar-refractivity contribution in [2.24, 2.45) is 11.7 Å². The number of thiophene rings is 1. The first-order valence-electron chi connectivity index (χ1n) is 6.87. The van der Waals surface area contributed by atoms with Gasteiger partial charge in [0.05, 0.1) is 5.39 Å². The Morgan fingerprint density at radius 3 is 3.05 bits per heavy atom. The Kier molecular flexibility index (Phi) is 3.41. The number of aryl methyl sites for hydroxylation is 1. The number of hydrogen-bond acceptors (Lipinski definition) is 5. The van der Waals surface area contributed by atoms with Crippen LogP contribution in [0.5, 0.6) is 0 Å². The van der Waals surface area contributed by atoms with E-state index in [9.17, 15) is 0 Å². The molecule has 0 amide bonds. The monoisotopic (exact) mass is 276 g/mol. The highest BCUT2D eigenvalue weighted by Gasteiger charge is 2.27. The summed E-state index contributed by atoms with van der Waals surface area (Å²) in [5, 5.41) is 1.19. The van der Waals surface area contributed by atoms with Gasteiger partial charge in [-0.05, 0) is 45.2 Å². The summed E-state index contributed by atoms with van der Waals surface area (Å²) in [4.78, 5) is 13.7. The molecule has 0 saturated carbocycles. The number of anilines is 1. The molecule has 1 aliphatic rings. The van der Waals surface area contributed by atoms with Crippen LogP contribution in [0.2, 0.25) is 0 Å². The van der Waals surface area contributed by atoms with Crippen molar-refractivity contribution >= 4 is 27.4 Å². The van der Waals surface area contributed by atoms with E-state index in [4.69, 9.17) is 5.73 Å². The van der Waals surface area contributed by atoms with Gasteiger partial charge in [0.25, 0.3) is 0 Å². The van der Waals surface area contributed by atoms with E-state index in [0.29, 0.717) is 12.0 Å². The second-order valence-electron chi connectivity index (χ2n) is 5.45. The van der Waals surface area contributed by atoms with Gasteiger partial charge >= 0.3 is 0 Å². The zero-order chi connectivity index (χ0) is 13.4. The van der Waals surface area contributed by atoms with Gasteiger partial charge in [0.15, 0.2) is 0 Å². The number of nitrogens with zero attached hydrogens (tertiary/aromatic N) is 3. The standard InChI is InChI=1S/C14H20N4S/c1-9-3-4-11(6-15)7-18(9)13-12-5-10(2)19-14(12)17-8-16-13/h5,8-9,11H,3-4,6-7,15H2,1-2H3. The molecule has 1 aliphatic heterocycles. The quantitative estimate of drug-likeness (QED) is 0.916. The average Bonchev–Trinajstić information content (AvgIpc) is 2.79. The first-order chi connectivity index (χ1) is 9.19. The largest absolute Gasteiger partial charge is 0.353 e. The van der Waals surface area contributed by atoms with Gasteiger partial charge in [-0.2, -0.15) is 0 Å². The molecule has 0 radical (unpaired) electrons. The van der Waals surface area contributed by atoms with Gasteiger partial charge in [0.1, 0.15) is 17.0 Å². The minimum absolute atomic E-state index is 0.529. The molecule has 19 heavy (non-hydrogen) atoms. The normalized spacial score (nSPS) is 24.1. The number of hydrogen-bond donors (Lipinski definition) is 1. The second kappa shape index (κ2) is 5.06. The third kappa shape index (κ3) is 2.32. The molecule has 102 valence electrons. The van der Waals surface area contributed by atoms with Crippen molar-refractivity contribution in [2.75, 3.05) is 18.0 Å². The van der Waals surface area contributed by atoms with E-state index in [1.54, 1.807) is 17.7 Å². The van der Waals surface area contributed by atoms with E-state index in [1.165, 1.54) is 23.1 Å². The Balaban J connectivity index is 2.02. The summed E-state index contributed by atoms with van der Waals surface area (Å²) in [5.41, 5.74) is 5.85. The van der Waals surface area contributed by atoms with Crippen LogP contribution in [0.15, 0.2) is 12.4 Å². The van der Waals surface area contributed by atoms with E-state index in [2.05, 4.69) is 34.8 Å². The lowest BCUT2D eigenvalue weighted by molar-refractivity contribution is 0.372. The molecular formula is C14H20N4S. The molecule has 3 heterocycles. The minimum Gasteiger partial charge on any atom is -0.353 e. The minimum atomic E-state index is 0.529. The summed E-state index contributed by atoms with van der Waals surface area (Å²) in [7, 11) is 0. The summed E-state index contributed by atoms with van der Waals surface area (Å²) in [6.07, 6.45) is 4.11. The van der Waals surface area contributed by atoms with Crippen LogP contribution in [-0.2, 0) is 0 Å². The third-order valence-electron chi connectivity index (χ3n) is 4.02. The molecule has 4 nitrogen and oxygen atoms in total. The van der Waals surface area contributed by atoms with Crippen LogP contribution >= 0.6 is 11.3 Å². The summed E-state index contributed by atoms with van der Waals surface area (Å²) >= 11 is 1.74. The summed E-state index contributed by atoms with van der Waals surface area (Å²) in [5.74, 6) is 1.67. The van der Waals surface area contributed by atoms with Crippen molar-refractivity contribution in [3.63, 3.8) is 0 Å². The fraction of sp³-hybridized carbons (Fsp3) is 0.571. The fourth-order valence-electron chi connectivity index (χ4n) is 2.86. The molecule has 5 heteroatoms. The van der Waals surface area contributed by atoms with Crippen LogP contribution in [0, 0.1) is 12.8 Å². The molecule has 1 saturated heterocycles. The predicted molar refractivity (Wildman–Crippen MR) is 80.7 cm³/mol. The van der Waals surface area contributed by atoms with Crippen LogP contribution in [0.3, 0.4) is 0 Å². The molecule has 0 aromatic carbocycles. The number of piperidine rings is 1. The molecule has 2 unspecified atom stereocenters. The van der Waals surface area contributed by atoms with E-state index >= 15 is 0 Å². The first kappa shape index (κ1) is 12.8. The van der Waals surface area contributed by atoms with Crippen molar-refractivity contribution in [1.29, 1.82) is 0 Å². The van der Waals surface area contributed by atoms with Crippen LogP contribution in [0.4, 0.5) is 5.82 Å². The SMILES string of the molecule is Cc1cc2c(N3CC(CN)CCC3C)ncnc2s1.